The molecule has 1 fully saturated rings. The first-order valence-electron chi connectivity index (χ1n) is 6.08. The summed E-state index contributed by atoms with van der Waals surface area (Å²) in [7, 11) is 2.17. The molecule has 1 heterocycles. The molecule has 0 aliphatic carbocycles. The van der Waals surface area contributed by atoms with E-state index in [0.29, 0.717) is 6.42 Å². The van der Waals surface area contributed by atoms with E-state index >= 15 is 0 Å². The van der Waals surface area contributed by atoms with E-state index in [1.165, 1.54) is 26.2 Å². The lowest BCUT2D eigenvalue weighted by Gasteiger charge is -2.32. The van der Waals surface area contributed by atoms with Gasteiger partial charge in [0.15, 0.2) is 0 Å². The molecule has 0 saturated carbocycles. The Hall–Kier alpha value is -0.650. The van der Waals surface area contributed by atoms with Gasteiger partial charge in [-0.1, -0.05) is 0 Å². The summed E-state index contributed by atoms with van der Waals surface area (Å²) in [4.78, 5) is 15.3. The van der Waals surface area contributed by atoms with Crippen molar-refractivity contribution in [1.29, 1.82) is 0 Å². The molecule has 5 heteroatoms. The second kappa shape index (κ2) is 7.60. The molecule has 16 heavy (non-hydrogen) atoms. The van der Waals surface area contributed by atoms with Crippen molar-refractivity contribution >= 4 is 5.91 Å². The molecule has 0 radical (unpaired) electrons. The molecule has 3 N–H and O–H groups in total. The number of hydrogen-bond acceptors (Lipinski definition) is 4. The molecule has 1 saturated heterocycles. The van der Waals surface area contributed by atoms with E-state index in [9.17, 15) is 4.79 Å². The molecular formula is C11H24N4O. The van der Waals surface area contributed by atoms with Crippen LogP contribution in [-0.2, 0) is 4.79 Å². The quantitative estimate of drug-likeness (QED) is 0.554. The van der Waals surface area contributed by atoms with Gasteiger partial charge < -0.3 is 16.0 Å². The molecule has 0 bridgehead atoms. The number of primary amides is 1. The molecule has 1 aliphatic heterocycles. The maximum atomic E-state index is 10.5. The fourth-order valence-corrected chi connectivity index (χ4v) is 1.82. The number of piperazine rings is 1. The predicted molar refractivity (Wildman–Crippen MR) is 65.2 cm³/mol. The third-order valence-corrected chi connectivity index (χ3v) is 2.98. The maximum Gasteiger partial charge on any atom is 0.217 e. The summed E-state index contributed by atoms with van der Waals surface area (Å²) >= 11 is 0. The van der Waals surface area contributed by atoms with Gasteiger partial charge in [0.25, 0.3) is 0 Å². The van der Waals surface area contributed by atoms with Crippen molar-refractivity contribution in [2.24, 2.45) is 5.73 Å². The van der Waals surface area contributed by atoms with Crippen LogP contribution >= 0.6 is 0 Å². The number of likely N-dealkylation sites (N-methyl/N-ethyl adjacent to an activating group) is 1. The zero-order valence-electron chi connectivity index (χ0n) is 10.2. The molecule has 1 amide bonds. The van der Waals surface area contributed by atoms with Gasteiger partial charge in [-0.3, -0.25) is 9.69 Å². The Kier molecular flexibility index (Phi) is 6.37. The Labute approximate surface area is 98.0 Å². The minimum absolute atomic E-state index is 0.208. The normalized spacial score (nSPS) is 18.8. The maximum absolute atomic E-state index is 10.5. The highest BCUT2D eigenvalue weighted by Gasteiger charge is 2.12. The van der Waals surface area contributed by atoms with Crippen LogP contribution in [0.5, 0.6) is 0 Å². The van der Waals surface area contributed by atoms with Crippen LogP contribution in [-0.4, -0.2) is 68.6 Å². The molecule has 5 nitrogen and oxygen atoms in total. The van der Waals surface area contributed by atoms with Gasteiger partial charge in [0.2, 0.25) is 5.91 Å². The third-order valence-electron chi connectivity index (χ3n) is 2.98. The summed E-state index contributed by atoms with van der Waals surface area (Å²) in [5.74, 6) is -0.208. The number of carbonyl (C=O) groups is 1. The molecule has 1 rings (SSSR count). The van der Waals surface area contributed by atoms with E-state index in [1.807, 2.05) is 0 Å². The first kappa shape index (κ1) is 13.4. The second-order valence-corrected chi connectivity index (χ2v) is 4.46. The van der Waals surface area contributed by atoms with Crippen LogP contribution in [0.2, 0.25) is 0 Å². The molecule has 0 aromatic rings. The van der Waals surface area contributed by atoms with Crippen molar-refractivity contribution < 1.29 is 4.79 Å². The standard InChI is InChI=1S/C11H24N4O/c1-14-7-9-15(10-8-14)6-5-13-4-2-3-11(12)16/h13H,2-10H2,1H3,(H2,12,16). The summed E-state index contributed by atoms with van der Waals surface area (Å²) < 4.78 is 0. The van der Waals surface area contributed by atoms with Gasteiger partial charge in [0, 0.05) is 45.7 Å². The SMILES string of the molecule is CN1CCN(CCNCCCC(N)=O)CC1. The van der Waals surface area contributed by atoms with Crippen molar-refractivity contribution in [3.63, 3.8) is 0 Å². The zero-order valence-corrected chi connectivity index (χ0v) is 10.2. The minimum atomic E-state index is -0.208. The van der Waals surface area contributed by atoms with Crippen molar-refractivity contribution in [2.45, 2.75) is 12.8 Å². The zero-order chi connectivity index (χ0) is 11.8. The Bertz CT molecular complexity index is 202. The number of rotatable bonds is 7. The highest BCUT2D eigenvalue weighted by molar-refractivity contribution is 5.73. The van der Waals surface area contributed by atoms with Crippen LogP contribution in [0.25, 0.3) is 0 Å². The van der Waals surface area contributed by atoms with Crippen LogP contribution < -0.4 is 11.1 Å². The highest BCUT2D eigenvalue weighted by Crippen LogP contribution is 1.97. The van der Waals surface area contributed by atoms with Gasteiger partial charge >= 0.3 is 0 Å². The summed E-state index contributed by atoms with van der Waals surface area (Å²) in [6.07, 6.45) is 1.33. The fraction of sp³-hybridized carbons (Fsp3) is 0.909. The highest BCUT2D eigenvalue weighted by atomic mass is 16.1. The number of amides is 1. The minimum Gasteiger partial charge on any atom is -0.370 e. The van der Waals surface area contributed by atoms with Crippen LogP contribution in [0, 0.1) is 0 Å². The number of nitrogens with one attached hydrogen (secondary N) is 1. The van der Waals surface area contributed by atoms with E-state index in [2.05, 4.69) is 22.2 Å². The van der Waals surface area contributed by atoms with Crippen molar-refractivity contribution in [2.75, 3.05) is 52.9 Å². The lowest BCUT2D eigenvalue weighted by Crippen LogP contribution is -2.46. The molecule has 0 spiro atoms. The predicted octanol–water partition coefficient (Wildman–Crippen LogP) is -0.911. The Balaban J connectivity index is 1.89. The molecule has 0 aromatic carbocycles. The van der Waals surface area contributed by atoms with Gasteiger partial charge in [-0.15, -0.1) is 0 Å². The molecule has 1 aliphatic rings. The van der Waals surface area contributed by atoms with E-state index in [-0.39, 0.29) is 5.91 Å². The Morgan fingerprint density at radius 3 is 2.56 bits per heavy atom. The van der Waals surface area contributed by atoms with Gasteiger partial charge in [-0.2, -0.15) is 0 Å². The van der Waals surface area contributed by atoms with E-state index in [1.54, 1.807) is 0 Å². The third kappa shape index (κ3) is 6.05. The van der Waals surface area contributed by atoms with Crippen LogP contribution in [0.15, 0.2) is 0 Å². The van der Waals surface area contributed by atoms with Gasteiger partial charge in [-0.25, -0.2) is 0 Å². The summed E-state index contributed by atoms with van der Waals surface area (Å²) in [6.45, 7) is 7.66. The first-order chi connectivity index (χ1) is 7.68. The molecule has 0 atom stereocenters. The van der Waals surface area contributed by atoms with Gasteiger partial charge in [0.05, 0.1) is 0 Å². The van der Waals surface area contributed by atoms with Gasteiger partial charge in [-0.05, 0) is 20.0 Å². The van der Waals surface area contributed by atoms with E-state index in [4.69, 9.17) is 5.73 Å². The molecule has 94 valence electrons. The first-order valence-corrected chi connectivity index (χ1v) is 6.08. The lowest BCUT2D eigenvalue weighted by molar-refractivity contribution is -0.118. The number of nitrogens with zero attached hydrogens (tertiary/aromatic N) is 2. The monoisotopic (exact) mass is 228 g/mol. The largest absolute Gasteiger partial charge is 0.370 e. The average Bonchev–Trinajstić information content (AvgIpc) is 2.25. The Morgan fingerprint density at radius 2 is 1.94 bits per heavy atom. The number of carbonyl (C=O) groups excluding carboxylic acids is 1. The Morgan fingerprint density at radius 1 is 1.25 bits per heavy atom. The van der Waals surface area contributed by atoms with Crippen molar-refractivity contribution in [3.8, 4) is 0 Å². The average molecular weight is 228 g/mol. The molecular weight excluding hydrogens is 204 g/mol. The second-order valence-electron chi connectivity index (χ2n) is 4.46. The molecule has 0 aromatic heterocycles. The number of nitrogens with two attached hydrogens (primary N) is 1. The van der Waals surface area contributed by atoms with Crippen molar-refractivity contribution in [3.05, 3.63) is 0 Å². The topological polar surface area (TPSA) is 61.6 Å². The summed E-state index contributed by atoms with van der Waals surface area (Å²) in [5, 5.41) is 3.34. The number of hydrogen-bond donors (Lipinski definition) is 2. The summed E-state index contributed by atoms with van der Waals surface area (Å²) in [6, 6.07) is 0. The lowest BCUT2D eigenvalue weighted by atomic mass is 10.3. The van der Waals surface area contributed by atoms with Crippen LogP contribution in [0.3, 0.4) is 0 Å². The van der Waals surface area contributed by atoms with Crippen LogP contribution in [0.1, 0.15) is 12.8 Å². The van der Waals surface area contributed by atoms with Crippen LogP contribution in [0.4, 0.5) is 0 Å². The smallest absolute Gasteiger partial charge is 0.217 e. The summed E-state index contributed by atoms with van der Waals surface area (Å²) in [5.41, 5.74) is 5.06. The van der Waals surface area contributed by atoms with Crippen molar-refractivity contribution in [1.82, 2.24) is 15.1 Å². The van der Waals surface area contributed by atoms with Gasteiger partial charge in [0.1, 0.15) is 0 Å². The molecule has 0 unspecified atom stereocenters. The van der Waals surface area contributed by atoms with E-state index in [0.717, 1.165) is 26.1 Å². The van der Waals surface area contributed by atoms with E-state index < -0.39 is 0 Å². The fourth-order valence-electron chi connectivity index (χ4n) is 1.82.